The molecule has 0 aliphatic heterocycles. The first kappa shape index (κ1) is 15.1. The van der Waals surface area contributed by atoms with Crippen molar-refractivity contribution in [2.45, 2.75) is 45.3 Å². The Kier molecular flexibility index (Phi) is 6.22. The van der Waals surface area contributed by atoms with Gasteiger partial charge in [0.15, 0.2) is 11.6 Å². The standard InChI is InChI=1S/C14H20F2O2/c1-3-5-14(18-4-2)13(17)9-10-6-7-11(15)12(16)8-10/h6-8,13-14,17H,3-5,9H2,1-2H3. The lowest BCUT2D eigenvalue weighted by atomic mass is 10.0. The molecule has 0 aliphatic carbocycles. The van der Waals surface area contributed by atoms with Gasteiger partial charge in [-0.3, -0.25) is 0 Å². The van der Waals surface area contributed by atoms with Crippen LogP contribution in [0.15, 0.2) is 18.2 Å². The zero-order valence-corrected chi connectivity index (χ0v) is 10.8. The van der Waals surface area contributed by atoms with Gasteiger partial charge in [0.05, 0.1) is 12.2 Å². The monoisotopic (exact) mass is 258 g/mol. The maximum atomic E-state index is 13.0. The van der Waals surface area contributed by atoms with Gasteiger partial charge in [-0.25, -0.2) is 8.78 Å². The van der Waals surface area contributed by atoms with E-state index in [9.17, 15) is 13.9 Å². The average Bonchev–Trinajstić information content (AvgIpc) is 2.33. The van der Waals surface area contributed by atoms with Crippen molar-refractivity contribution >= 4 is 0 Å². The third-order valence-corrected chi connectivity index (χ3v) is 2.81. The molecular formula is C14H20F2O2. The molecule has 0 saturated heterocycles. The first-order chi connectivity index (χ1) is 8.58. The third kappa shape index (κ3) is 4.35. The maximum Gasteiger partial charge on any atom is 0.159 e. The van der Waals surface area contributed by atoms with E-state index in [1.165, 1.54) is 6.07 Å². The summed E-state index contributed by atoms with van der Waals surface area (Å²) >= 11 is 0. The molecule has 0 bridgehead atoms. The minimum atomic E-state index is -0.886. The summed E-state index contributed by atoms with van der Waals surface area (Å²) in [5, 5.41) is 10.0. The highest BCUT2D eigenvalue weighted by Crippen LogP contribution is 2.15. The smallest absolute Gasteiger partial charge is 0.159 e. The second kappa shape index (κ2) is 7.44. The molecule has 1 aromatic rings. The first-order valence-electron chi connectivity index (χ1n) is 6.32. The van der Waals surface area contributed by atoms with Gasteiger partial charge >= 0.3 is 0 Å². The van der Waals surface area contributed by atoms with Crippen molar-refractivity contribution in [3.8, 4) is 0 Å². The van der Waals surface area contributed by atoms with Crippen molar-refractivity contribution in [2.24, 2.45) is 0 Å². The molecule has 1 N–H and O–H groups in total. The van der Waals surface area contributed by atoms with Gasteiger partial charge < -0.3 is 9.84 Å². The number of ether oxygens (including phenoxy) is 1. The quantitative estimate of drug-likeness (QED) is 0.814. The van der Waals surface area contributed by atoms with Crippen LogP contribution in [0.2, 0.25) is 0 Å². The molecule has 0 spiro atoms. The summed E-state index contributed by atoms with van der Waals surface area (Å²) < 4.78 is 31.3. The topological polar surface area (TPSA) is 29.5 Å². The maximum absolute atomic E-state index is 13.0. The van der Waals surface area contributed by atoms with Crippen molar-refractivity contribution in [2.75, 3.05) is 6.61 Å². The Labute approximate surface area is 107 Å². The van der Waals surface area contributed by atoms with Gasteiger partial charge in [-0.2, -0.15) is 0 Å². The molecule has 0 saturated carbocycles. The molecule has 0 aliphatic rings. The predicted molar refractivity (Wildman–Crippen MR) is 66.4 cm³/mol. The summed E-state index contributed by atoms with van der Waals surface area (Å²) in [5.41, 5.74) is 0.571. The molecule has 2 nitrogen and oxygen atoms in total. The molecule has 0 amide bonds. The largest absolute Gasteiger partial charge is 0.390 e. The second-order valence-electron chi connectivity index (χ2n) is 4.30. The van der Waals surface area contributed by atoms with E-state index in [0.717, 1.165) is 25.0 Å². The first-order valence-corrected chi connectivity index (χ1v) is 6.32. The van der Waals surface area contributed by atoms with Crippen molar-refractivity contribution in [3.63, 3.8) is 0 Å². The molecule has 0 heterocycles. The minimum absolute atomic E-state index is 0.256. The van der Waals surface area contributed by atoms with Gasteiger partial charge in [-0.1, -0.05) is 19.4 Å². The number of halogens is 2. The van der Waals surface area contributed by atoms with Crippen molar-refractivity contribution < 1.29 is 18.6 Å². The fourth-order valence-electron chi connectivity index (χ4n) is 1.92. The second-order valence-corrected chi connectivity index (χ2v) is 4.30. The molecule has 0 aromatic heterocycles. The Morgan fingerprint density at radius 1 is 1.22 bits per heavy atom. The lowest BCUT2D eigenvalue weighted by molar-refractivity contribution is -0.0363. The van der Waals surface area contributed by atoms with Crippen LogP contribution in [-0.2, 0) is 11.2 Å². The number of benzene rings is 1. The van der Waals surface area contributed by atoms with Crippen LogP contribution in [-0.4, -0.2) is 23.9 Å². The van der Waals surface area contributed by atoms with Crippen LogP contribution in [0.1, 0.15) is 32.3 Å². The molecule has 1 rings (SSSR count). The van der Waals surface area contributed by atoms with Crippen molar-refractivity contribution in [1.82, 2.24) is 0 Å². The number of rotatable bonds is 7. The van der Waals surface area contributed by atoms with Crippen LogP contribution in [0.25, 0.3) is 0 Å². The number of aliphatic hydroxyl groups is 1. The van der Waals surface area contributed by atoms with Crippen LogP contribution in [0.5, 0.6) is 0 Å². The normalized spacial score (nSPS) is 14.5. The lowest BCUT2D eigenvalue weighted by Crippen LogP contribution is -2.31. The van der Waals surface area contributed by atoms with Crippen LogP contribution < -0.4 is 0 Å². The zero-order chi connectivity index (χ0) is 13.5. The van der Waals surface area contributed by atoms with E-state index in [-0.39, 0.29) is 12.5 Å². The SMILES string of the molecule is CCCC(OCC)C(O)Cc1ccc(F)c(F)c1. The molecule has 0 radical (unpaired) electrons. The molecule has 2 unspecified atom stereocenters. The average molecular weight is 258 g/mol. The van der Waals surface area contributed by atoms with E-state index in [2.05, 4.69) is 0 Å². The van der Waals surface area contributed by atoms with Crippen LogP contribution in [0.3, 0.4) is 0 Å². The van der Waals surface area contributed by atoms with Crippen molar-refractivity contribution in [1.29, 1.82) is 0 Å². The zero-order valence-electron chi connectivity index (χ0n) is 10.8. The van der Waals surface area contributed by atoms with Gasteiger partial charge in [-0.15, -0.1) is 0 Å². The summed E-state index contributed by atoms with van der Waals surface area (Å²) in [6, 6.07) is 3.68. The van der Waals surface area contributed by atoms with Crippen LogP contribution in [0, 0.1) is 11.6 Å². The molecule has 0 fully saturated rings. The molecule has 18 heavy (non-hydrogen) atoms. The fraction of sp³-hybridized carbons (Fsp3) is 0.571. The highest BCUT2D eigenvalue weighted by Gasteiger charge is 2.19. The van der Waals surface area contributed by atoms with Crippen LogP contribution >= 0.6 is 0 Å². The number of hydrogen-bond acceptors (Lipinski definition) is 2. The number of aliphatic hydroxyl groups excluding tert-OH is 1. The summed E-state index contributed by atoms with van der Waals surface area (Å²) in [6.07, 6.45) is 0.961. The predicted octanol–water partition coefficient (Wildman–Crippen LogP) is 3.07. The number of hydrogen-bond donors (Lipinski definition) is 1. The molecule has 102 valence electrons. The Balaban J connectivity index is 2.66. The minimum Gasteiger partial charge on any atom is -0.390 e. The lowest BCUT2D eigenvalue weighted by Gasteiger charge is -2.22. The molecule has 2 atom stereocenters. The fourth-order valence-corrected chi connectivity index (χ4v) is 1.92. The molecule has 1 aromatic carbocycles. The van der Waals surface area contributed by atoms with E-state index >= 15 is 0 Å². The van der Waals surface area contributed by atoms with E-state index in [4.69, 9.17) is 4.74 Å². The summed E-state index contributed by atoms with van der Waals surface area (Å²) in [6.45, 7) is 4.41. The Morgan fingerprint density at radius 2 is 1.94 bits per heavy atom. The highest BCUT2D eigenvalue weighted by atomic mass is 19.2. The van der Waals surface area contributed by atoms with E-state index in [1.807, 2.05) is 13.8 Å². The van der Waals surface area contributed by atoms with Gasteiger partial charge in [0.1, 0.15) is 0 Å². The highest BCUT2D eigenvalue weighted by molar-refractivity contribution is 5.18. The Hall–Kier alpha value is -1.00. The summed E-state index contributed by atoms with van der Waals surface area (Å²) in [4.78, 5) is 0. The Bertz CT molecular complexity index is 363. The van der Waals surface area contributed by atoms with Crippen LogP contribution in [0.4, 0.5) is 8.78 Å². The summed E-state index contributed by atoms with van der Waals surface area (Å²) in [7, 11) is 0. The van der Waals surface area contributed by atoms with Crippen molar-refractivity contribution in [3.05, 3.63) is 35.4 Å². The van der Waals surface area contributed by atoms with Gasteiger partial charge in [0, 0.05) is 13.0 Å². The van der Waals surface area contributed by atoms with E-state index in [0.29, 0.717) is 12.2 Å². The summed E-state index contributed by atoms with van der Waals surface area (Å²) in [5.74, 6) is -1.76. The molecule has 4 heteroatoms. The van der Waals surface area contributed by atoms with Gasteiger partial charge in [0.2, 0.25) is 0 Å². The van der Waals surface area contributed by atoms with E-state index in [1.54, 1.807) is 0 Å². The van der Waals surface area contributed by atoms with Gasteiger partial charge in [-0.05, 0) is 31.0 Å². The third-order valence-electron chi connectivity index (χ3n) is 2.81. The van der Waals surface area contributed by atoms with E-state index < -0.39 is 17.7 Å². The molecular weight excluding hydrogens is 238 g/mol. The van der Waals surface area contributed by atoms with Gasteiger partial charge in [0.25, 0.3) is 0 Å². The Morgan fingerprint density at radius 3 is 2.50 bits per heavy atom.